The molecule has 0 fully saturated rings. The van der Waals surface area contributed by atoms with Gasteiger partial charge in [-0.3, -0.25) is 0 Å². The predicted octanol–water partition coefficient (Wildman–Crippen LogP) is 3.53. The van der Waals surface area contributed by atoms with Crippen molar-refractivity contribution in [2.75, 3.05) is 13.7 Å². The van der Waals surface area contributed by atoms with E-state index in [0.717, 1.165) is 35.7 Å². The van der Waals surface area contributed by atoms with Crippen molar-refractivity contribution in [3.63, 3.8) is 0 Å². The van der Waals surface area contributed by atoms with E-state index >= 15 is 0 Å². The summed E-state index contributed by atoms with van der Waals surface area (Å²) >= 11 is 0. The number of methoxy groups -OCH3 is 1. The molecule has 2 rings (SSSR count). The fourth-order valence-corrected chi connectivity index (χ4v) is 2.02. The summed E-state index contributed by atoms with van der Waals surface area (Å²) in [5.41, 5.74) is 8.39. The molecule has 0 radical (unpaired) electrons. The molecule has 0 aromatic heterocycles. The lowest BCUT2D eigenvalue weighted by atomic mass is 9.99. The van der Waals surface area contributed by atoms with E-state index in [9.17, 15) is 0 Å². The van der Waals surface area contributed by atoms with E-state index in [1.165, 1.54) is 0 Å². The van der Waals surface area contributed by atoms with Crippen LogP contribution < -0.4 is 15.2 Å². The molecule has 3 heteroatoms. The van der Waals surface area contributed by atoms with Gasteiger partial charge in [0.2, 0.25) is 0 Å². The Morgan fingerprint density at radius 2 is 1.75 bits per heavy atom. The van der Waals surface area contributed by atoms with Gasteiger partial charge in [-0.15, -0.1) is 0 Å². The fourth-order valence-electron chi connectivity index (χ4n) is 2.02. The monoisotopic (exact) mass is 271 g/mol. The molecule has 20 heavy (non-hydrogen) atoms. The molecule has 0 spiro atoms. The molecule has 0 aliphatic carbocycles. The van der Waals surface area contributed by atoms with Gasteiger partial charge in [-0.1, -0.05) is 31.2 Å². The summed E-state index contributed by atoms with van der Waals surface area (Å²) < 4.78 is 10.8. The van der Waals surface area contributed by atoms with E-state index in [0.29, 0.717) is 0 Å². The molecule has 2 N–H and O–H groups in total. The highest BCUT2D eigenvalue weighted by atomic mass is 16.5. The van der Waals surface area contributed by atoms with Gasteiger partial charge in [-0.05, 0) is 41.8 Å². The highest BCUT2D eigenvalue weighted by molar-refractivity contribution is 5.38. The average Bonchev–Trinajstić information content (AvgIpc) is 2.52. The predicted molar refractivity (Wildman–Crippen MR) is 81.3 cm³/mol. The summed E-state index contributed by atoms with van der Waals surface area (Å²) in [4.78, 5) is 0. The second-order valence-corrected chi connectivity index (χ2v) is 4.67. The van der Waals surface area contributed by atoms with Gasteiger partial charge in [0.1, 0.15) is 11.5 Å². The third-order valence-electron chi connectivity index (χ3n) is 3.16. The Kier molecular flexibility index (Phi) is 5.02. The number of hydrogen-bond acceptors (Lipinski definition) is 3. The molecule has 0 heterocycles. The summed E-state index contributed by atoms with van der Waals surface area (Å²) in [5.74, 6) is 1.70. The molecule has 0 aliphatic heterocycles. The molecule has 0 saturated carbocycles. The summed E-state index contributed by atoms with van der Waals surface area (Å²) in [6.45, 7) is 2.83. The fraction of sp³-hybridized carbons (Fsp3) is 0.294. The van der Waals surface area contributed by atoms with Gasteiger partial charge >= 0.3 is 0 Å². The first-order valence-corrected chi connectivity index (χ1v) is 6.87. The molecule has 0 bridgehead atoms. The molecule has 0 amide bonds. The van der Waals surface area contributed by atoms with Crippen LogP contribution in [0.25, 0.3) is 0 Å². The van der Waals surface area contributed by atoms with Crippen molar-refractivity contribution >= 4 is 0 Å². The van der Waals surface area contributed by atoms with Crippen LogP contribution in [-0.2, 0) is 0 Å². The zero-order chi connectivity index (χ0) is 14.4. The van der Waals surface area contributed by atoms with Crippen molar-refractivity contribution < 1.29 is 9.47 Å². The number of nitrogens with two attached hydrogens (primary N) is 1. The van der Waals surface area contributed by atoms with Crippen LogP contribution >= 0.6 is 0 Å². The molecule has 2 aromatic rings. The van der Waals surface area contributed by atoms with Crippen molar-refractivity contribution in [3.8, 4) is 11.5 Å². The van der Waals surface area contributed by atoms with Crippen LogP contribution in [-0.4, -0.2) is 13.7 Å². The van der Waals surface area contributed by atoms with E-state index in [1.54, 1.807) is 7.11 Å². The maximum absolute atomic E-state index is 6.29. The van der Waals surface area contributed by atoms with Crippen molar-refractivity contribution in [1.82, 2.24) is 0 Å². The van der Waals surface area contributed by atoms with Crippen LogP contribution in [0.5, 0.6) is 11.5 Å². The van der Waals surface area contributed by atoms with Gasteiger partial charge in [0, 0.05) is 0 Å². The Morgan fingerprint density at radius 1 is 1.00 bits per heavy atom. The Morgan fingerprint density at radius 3 is 2.40 bits per heavy atom. The first-order valence-electron chi connectivity index (χ1n) is 6.87. The molecule has 1 unspecified atom stereocenters. The van der Waals surface area contributed by atoms with Gasteiger partial charge in [0.25, 0.3) is 0 Å². The second-order valence-electron chi connectivity index (χ2n) is 4.67. The van der Waals surface area contributed by atoms with Crippen LogP contribution in [0.2, 0.25) is 0 Å². The number of ether oxygens (including phenoxy) is 2. The largest absolute Gasteiger partial charge is 0.497 e. The Hall–Kier alpha value is -2.00. The summed E-state index contributed by atoms with van der Waals surface area (Å²) in [7, 11) is 1.66. The lowest BCUT2D eigenvalue weighted by molar-refractivity contribution is 0.317. The van der Waals surface area contributed by atoms with E-state index in [2.05, 4.69) is 6.92 Å². The maximum Gasteiger partial charge on any atom is 0.119 e. The van der Waals surface area contributed by atoms with Gasteiger partial charge in [-0.25, -0.2) is 0 Å². The SMILES string of the molecule is CCCOc1ccc(C(N)c2cccc(OC)c2)cc1. The van der Waals surface area contributed by atoms with Crippen LogP contribution in [0.1, 0.15) is 30.5 Å². The number of hydrogen-bond donors (Lipinski definition) is 1. The Balaban J connectivity index is 2.13. The molecule has 106 valence electrons. The zero-order valence-electron chi connectivity index (χ0n) is 12.0. The first kappa shape index (κ1) is 14.4. The minimum atomic E-state index is -0.162. The van der Waals surface area contributed by atoms with Gasteiger partial charge in [-0.2, -0.15) is 0 Å². The van der Waals surface area contributed by atoms with Crippen molar-refractivity contribution in [3.05, 3.63) is 59.7 Å². The zero-order valence-corrected chi connectivity index (χ0v) is 12.0. The third kappa shape index (κ3) is 3.52. The van der Waals surface area contributed by atoms with E-state index < -0.39 is 0 Å². The van der Waals surface area contributed by atoms with Gasteiger partial charge in [0.15, 0.2) is 0 Å². The molecular formula is C17H21NO2. The minimum Gasteiger partial charge on any atom is -0.497 e. The highest BCUT2D eigenvalue weighted by Crippen LogP contribution is 2.24. The Labute approximate surface area is 120 Å². The minimum absolute atomic E-state index is 0.162. The molecule has 3 nitrogen and oxygen atoms in total. The van der Waals surface area contributed by atoms with Gasteiger partial charge < -0.3 is 15.2 Å². The summed E-state index contributed by atoms with van der Waals surface area (Å²) in [6, 6.07) is 15.6. The van der Waals surface area contributed by atoms with E-state index in [-0.39, 0.29) is 6.04 Å². The van der Waals surface area contributed by atoms with Crippen LogP contribution in [0, 0.1) is 0 Å². The Bertz CT molecular complexity index is 537. The van der Waals surface area contributed by atoms with Crippen LogP contribution in [0.15, 0.2) is 48.5 Å². The van der Waals surface area contributed by atoms with Crippen LogP contribution in [0.4, 0.5) is 0 Å². The van der Waals surface area contributed by atoms with Gasteiger partial charge in [0.05, 0.1) is 19.8 Å². The van der Waals surface area contributed by atoms with Crippen LogP contribution in [0.3, 0.4) is 0 Å². The third-order valence-corrected chi connectivity index (χ3v) is 3.16. The van der Waals surface area contributed by atoms with Crippen molar-refractivity contribution in [1.29, 1.82) is 0 Å². The normalized spacial score (nSPS) is 11.9. The topological polar surface area (TPSA) is 44.5 Å². The summed E-state index contributed by atoms with van der Waals surface area (Å²) in [5, 5.41) is 0. The number of benzene rings is 2. The smallest absolute Gasteiger partial charge is 0.119 e. The lowest BCUT2D eigenvalue weighted by Crippen LogP contribution is -2.11. The first-order chi connectivity index (χ1) is 9.74. The molecule has 0 saturated heterocycles. The average molecular weight is 271 g/mol. The molecule has 1 atom stereocenters. The van der Waals surface area contributed by atoms with Crippen molar-refractivity contribution in [2.24, 2.45) is 5.73 Å². The van der Waals surface area contributed by atoms with E-state index in [4.69, 9.17) is 15.2 Å². The maximum atomic E-state index is 6.29. The van der Waals surface area contributed by atoms with E-state index in [1.807, 2.05) is 48.5 Å². The quantitative estimate of drug-likeness (QED) is 0.874. The summed E-state index contributed by atoms with van der Waals surface area (Å²) in [6.07, 6.45) is 1.01. The van der Waals surface area contributed by atoms with Crippen molar-refractivity contribution in [2.45, 2.75) is 19.4 Å². The standard InChI is InChI=1S/C17H21NO2/c1-3-11-20-15-9-7-13(8-10-15)17(18)14-5-4-6-16(12-14)19-2/h4-10,12,17H,3,11,18H2,1-2H3. The highest BCUT2D eigenvalue weighted by Gasteiger charge is 2.09. The molecular weight excluding hydrogens is 250 g/mol. The molecule has 0 aliphatic rings. The second kappa shape index (κ2) is 6.96. The lowest BCUT2D eigenvalue weighted by Gasteiger charge is -2.14. The molecule has 2 aromatic carbocycles. The number of rotatable bonds is 6.